The zero-order chi connectivity index (χ0) is 15.7. The van der Waals surface area contributed by atoms with Crippen molar-refractivity contribution in [2.45, 2.75) is 32.4 Å². The fourth-order valence-electron chi connectivity index (χ4n) is 4.09. The number of aryl methyl sites for hydroxylation is 1. The average molecular weight is 331 g/mol. The van der Waals surface area contributed by atoms with Gasteiger partial charge in [-0.1, -0.05) is 0 Å². The molecule has 23 heavy (non-hydrogen) atoms. The molecule has 0 bridgehead atoms. The van der Waals surface area contributed by atoms with Crippen LogP contribution in [0.4, 0.5) is 0 Å². The Hall–Kier alpha value is -1.24. The average Bonchev–Trinajstić information content (AvgIpc) is 3.26. The van der Waals surface area contributed by atoms with Gasteiger partial charge in [0.05, 0.1) is 12.7 Å². The molecule has 2 aromatic heterocycles. The third kappa shape index (κ3) is 3.49. The maximum Gasteiger partial charge on any atom is 0.107 e. The van der Waals surface area contributed by atoms with E-state index in [1.165, 1.54) is 56.0 Å². The molecule has 2 aromatic rings. The van der Waals surface area contributed by atoms with Crippen molar-refractivity contribution >= 4 is 11.3 Å². The highest BCUT2D eigenvalue weighted by molar-refractivity contribution is 7.09. The van der Waals surface area contributed by atoms with Gasteiger partial charge in [0.25, 0.3) is 0 Å². The van der Waals surface area contributed by atoms with Gasteiger partial charge in [-0.05, 0) is 44.3 Å². The highest BCUT2D eigenvalue weighted by atomic mass is 32.1. The predicted octanol–water partition coefficient (Wildman–Crippen LogP) is 2.36. The van der Waals surface area contributed by atoms with Crippen LogP contribution in [0.15, 0.2) is 24.0 Å². The molecule has 2 aliphatic heterocycles. The Morgan fingerprint density at radius 2 is 1.91 bits per heavy atom. The Labute approximate surface area is 141 Å². The summed E-state index contributed by atoms with van der Waals surface area (Å²) in [6.07, 6.45) is 10.1. The topological polar surface area (TPSA) is 37.2 Å². The maximum absolute atomic E-state index is 4.42. The summed E-state index contributed by atoms with van der Waals surface area (Å²) in [4.78, 5) is 9.62. The van der Waals surface area contributed by atoms with Gasteiger partial charge in [-0.3, -0.25) is 14.5 Å². The first-order valence-electron chi connectivity index (χ1n) is 8.51. The lowest BCUT2D eigenvalue weighted by atomic mass is 9.78. The van der Waals surface area contributed by atoms with E-state index in [9.17, 15) is 0 Å². The molecule has 124 valence electrons. The van der Waals surface area contributed by atoms with Crippen LogP contribution in [0.25, 0.3) is 0 Å². The second-order valence-electron chi connectivity index (χ2n) is 7.18. The second kappa shape index (κ2) is 6.34. The number of aromatic nitrogens is 3. The van der Waals surface area contributed by atoms with Gasteiger partial charge >= 0.3 is 0 Å². The van der Waals surface area contributed by atoms with Crippen LogP contribution in [0.2, 0.25) is 0 Å². The van der Waals surface area contributed by atoms with E-state index >= 15 is 0 Å². The quantitative estimate of drug-likeness (QED) is 0.862. The minimum Gasteiger partial charge on any atom is -0.298 e. The minimum atomic E-state index is 0.557. The van der Waals surface area contributed by atoms with Gasteiger partial charge in [-0.25, -0.2) is 4.98 Å². The van der Waals surface area contributed by atoms with Crippen molar-refractivity contribution in [1.82, 2.24) is 24.6 Å². The van der Waals surface area contributed by atoms with Crippen LogP contribution in [0.1, 0.15) is 29.8 Å². The van der Waals surface area contributed by atoms with Crippen LogP contribution in [-0.4, -0.2) is 50.7 Å². The van der Waals surface area contributed by atoms with Crippen LogP contribution < -0.4 is 0 Å². The van der Waals surface area contributed by atoms with E-state index in [4.69, 9.17) is 0 Å². The summed E-state index contributed by atoms with van der Waals surface area (Å²) < 4.78 is 1.90. The molecule has 2 aliphatic rings. The molecule has 0 aromatic carbocycles. The SMILES string of the molecule is Cn1cc(CN2CCC3(CCN(Cc4nccs4)CC3)C2)cn1. The largest absolute Gasteiger partial charge is 0.298 e. The first-order valence-corrected chi connectivity index (χ1v) is 9.39. The summed E-state index contributed by atoms with van der Waals surface area (Å²) >= 11 is 1.78. The van der Waals surface area contributed by atoms with Crippen LogP contribution in [0.5, 0.6) is 0 Å². The fraction of sp³-hybridized carbons (Fsp3) is 0.647. The molecule has 2 fully saturated rings. The molecule has 0 amide bonds. The van der Waals surface area contributed by atoms with E-state index in [0.717, 1.165) is 13.1 Å². The summed E-state index contributed by atoms with van der Waals surface area (Å²) in [5.74, 6) is 0. The monoisotopic (exact) mass is 331 g/mol. The third-order valence-corrected chi connectivity index (χ3v) is 6.21. The van der Waals surface area contributed by atoms with Crippen molar-refractivity contribution in [2.75, 3.05) is 26.2 Å². The molecule has 0 aliphatic carbocycles. The van der Waals surface area contributed by atoms with E-state index in [0.29, 0.717) is 5.41 Å². The Balaban J connectivity index is 1.29. The number of thiazole rings is 1. The van der Waals surface area contributed by atoms with Crippen LogP contribution in [-0.2, 0) is 20.1 Å². The van der Waals surface area contributed by atoms with Gasteiger partial charge in [-0.2, -0.15) is 5.10 Å². The highest BCUT2D eigenvalue weighted by Crippen LogP contribution is 2.41. The molecule has 0 saturated carbocycles. The standard InChI is InChI=1S/C17H25N5S/c1-20-11-15(10-19-20)12-22-8-4-17(14-22)2-6-21(7-3-17)13-16-18-5-9-23-16/h5,9-11H,2-4,6-8,12-14H2,1H3. The summed E-state index contributed by atoms with van der Waals surface area (Å²) in [5, 5.41) is 7.62. The first-order chi connectivity index (χ1) is 11.2. The number of hydrogen-bond acceptors (Lipinski definition) is 5. The Kier molecular flexibility index (Phi) is 4.22. The number of piperidine rings is 1. The molecule has 2 saturated heterocycles. The van der Waals surface area contributed by atoms with Gasteiger partial charge in [0.1, 0.15) is 5.01 Å². The summed E-state index contributed by atoms with van der Waals surface area (Å²) in [5.41, 5.74) is 1.90. The van der Waals surface area contributed by atoms with Crippen molar-refractivity contribution in [2.24, 2.45) is 12.5 Å². The van der Waals surface area contributed by atoms with Crippen LogP contribution in [0.3, 0.4) is 0 Å². The Morgan fingerprint density at radius 3 is 2.57 bits per heavy atom. The predicted molar refractivity (Wildman–Crippen MR) is 92.2 cm³/mol. The Morgan fingerprint density at radius 1 is 1.13 bits per heavy atom. The lowest BCUT2D eigenvalue weighted by Crippen LogP contribution is -2.41. The van der Waals surface area contributed by atoms with Crippen LogP contribution >= 0.6 is 11.3 Å². The van der Waals surface area contributed by atoms with Crippen molar-refractivity contribution < 1.29 is 0 Å². The van der Waals surface area contributed by atoms with Crippen molar-refractivity contribution in [1.29, 1.82) is 0 Å². The van der Waals surface area contributed by atoms with Gasteiger partial charge < -0.3 is 0 Å². The number of nitrogens with zero attached hydrogens (tertiary/aromatic N) is 5. The fourth-order valence-corrected chi connectivity index (χ4v) is 4.75. The third-order valence-electron chi connectivity index (χ3n) is 5.44. The molecule has 0 unspecified atom stereocenters. The molecule has 1 spiro atoms. The molecule has 4 rings (SSSR count). The lowest BCUT2D eigenvalue weighted by molar-refractivity contribution is 0.102. The van der Waals surface area contributed by atoms with Gasteiger partial charge in [0.2, 0.25) is 0 Å². The molecule has 4 heterocycles. The molecule has 0 radical (unpaired) electrons. The minimum absolute atomic E-state index is 0.557. The lowest BCUT2D eigenvalue weighted by Gasteiger charge is -2.39. The van der Waals surface area contributed by atoms with E-state index < -0.39 is 0 Å². The molecular formula is C17H25N5S. The molecular weight excluding hydrogens is 306 g/mol. The first kappa shape index (κ1) is 15.3. The van der Waals surface area contributed by atoms with Crippen LogP contribution in [0, 0.1) is 5.41 Å². The van der Waals surface area contributed by atoms with E-state index in [1.807, 2.05) is 24.1 Å². The molecule has 0 N–H and O–H groups in total. The molecule has 6 heteroatoms. The highest BCUT2D eigenvalue weighted by Gasteiger charge is 2.40. The summed E-state index contributed by atoms with van der Waals surface area (Å²) in [6.45, 7) is 7.03. The zero-order valence-corrected chi connectivity index (χ0v) is 14.6. The van der Waals surface area contributed by atoms with E-state index in [2.05, 4.69) is 31.5 Å². The smallest absolute Gasteiger partial charge is 0.107 e. The maximum atomic E-state index is 4.42. The molecule has 5 nitrogen and oxygen atoms in total. The van der Waals surface area contributed by atoms with E-state index in [1.54, 1.807) is 11.3 Å². The normalized spacial score (nSPS) is 22.1. The number of rotatable bonds is 4. The van der Waals surface area contributed by atoms with Crippen molar-refractivity contribution in [3.8, 4) is 0 Å². The van der Waals surface area contributed by atoms with Gasteiger partial charge in [-0.15, -0.1) is 11.3 Å². The zero-order valence-electron chi connectivity index (χ0n) is 13.8. The number of likely N-dealkylation sites (tertiary alicyclic amines) is 2. The molecule has 0 atom stereocenters. The summed E-state index contributed by atoms with van der Waals surface area (Å²) in [6, 6.07) is 0. The number of hydrogen-bond donors (Lipinski definition) is 0. The van der Waals surface area contributed by atoms with Crippen molar-refractivity contribution in [3.05, 3.63) is 34.5 Å². The summed E-state index contributed by atoms with van der Waals surface area (Å²) in [7, 11) is 1.99. The van der Waals surface area contributed by atoms with E-state index in [-0.39, 0.29) is 0 Å². The van der Waals surface area contributed by atoms with Crippen molar-refractivity contribution in [3.63, 3.8) is 0 Å². The van der Waals surface area contributed by atoms with Gasteiger partial charge in [0.15, 0.2) is 0 Å². The van der Waals surface area contributed by atoms with Gasteiger partial charge in [0, 0.05) is 43.5 Å². The second-order valence-corrected chi connectivity index (χ2v) is 8.16. The Bertz CT molecular complexity index is 627.